The number of amides is 3. The Kier molecular flexibility index (Phi) is 5.73. The lowest BCUT2D eigenvalue weighted by Crippen LogP contribution is -2.42. The first-order valence-electron chi connectivity index (χ1n) is 8.13. The standard InChI is InChI=1S/C16H26N4O2S/c1-9(2)13(14(21)19-15(17)22)23-16-18-10(3)11(4)20(16)12-7-5-6-8-12/h9,12-13H,5-8H2,1-4H3,(H3,17,19,21,22). The van der Waals surface area contributed by atoms with E-state index in [1.165, 1.54) is 24.6 Å². The van der Waals surface area contributed by atoms with Crippen LogP contribution in [-0.2, 0) is 4.79 Å². The zero-order chi connectivity index (χ0) is 17.1. The average Bonchev–Trinajstić information content (AvgIpc) is 3.04. The highest BCUT2D eigenvalue weighted by atomic mass is 32.2. The van der Waals surface area contributed by atoms with Gasteiger partial charge in [-0.15, -0.1) is 0 Å². The molecule has 0 bridgehead atoms. The molecule has 128 valence electrons. The molecule has 0 spiro atoms. The lowest BCUT2D eigenvalue weighted by molar-refractivity contribution is -0.120. The third-order valence-electron chi connectivity index (χ3n) is 4.39. The molecule has 1 unspecified atom stereocenters. The molecule has 1 heterocycles. The Labute approximate surface area is 141 Å². The maximum Gasteiger partial charge on any atom is 0.318 e. The highest BCUT2D eigenvalue weighted by Gasteiger charge is 2.29. The third-order valence-corrected chi connectivity index (χ3v) is 5.90. The number of aromatic nitrogens is 2. The number of urea groups is 1. The molecule has 0 aliphatic heterocycles. The molecule has 1 atom stereocenters. The highest BCUT2D eigenvalue weighted by molar-refractivity contribution is 8.00. The predicted octanol–water partition coefficient (Wildman–Crippen LogP) is 2.93. The molecule has 1 aliphatic rings. The van der Waals surface area contributed by atoms with Gasteiger partial charge in [-0.3, -0.25) is 10.1 Å². The van der Waals surface area contributed by atoms with Crippen molar-refractivity contribution in [3.05, 3.63) is 11.4 Å². The van der Waals surface area contributed by atoms with Gasteiger partial charge in [-0.25, -0.2) is 9.78 Å². The maximum atomic E-state index is 12.3. The number of carbonyl (C=O) groups is 2. The number of carbonyl (C=O) groups excluding carboxylic acids is 2. The summed E-state index contributed by atoms with van der Waals surface area (Å²) < 4.78 is 2.28. The number of imidazole rings is 1. The van der Waals surface area contributed by atoms with E-state index in [2.05, 4.69) is 21.8 Å². The van der Waals surface area contributed by atoms with Gasteiger partial charge in [-0.05, 0) is 32.6 Å². The van der Waals surface area contributed by atoms with Crippen molar-refractivity contribution in [2.45, 2.75) is 69.8 Å². The van der Waals surface area contributed by atoms with Gasteiger partial charge in [0.05, 0.1) is 10.9 Å². The van der Waals surface area contributed by atoms with Gasteiger partial charge in [0.25, 0.3) is 0 Å². The smallest absolute Gasteiger partial charge is 0.318 e. The zero-order valence-corrected chi connectivity index (χ0v) is 15.1. The second kappa shape index (κ2) is 7.38. The second-order valence-corrected chi connectivity index (χ2v) is 7.62. The summed E-state index contributed by atoms with van der Waals surface area (Å²) in [7, 11) is 0. The van der Waals surface area contributed by atoms with Crippen LogP contribution in [0, 0.1) is 19.8 Å². The van der Waals surface area contributed by atoms with Crippen LogP contribution in [0.4, 0.5) is 4.79 Å². The molecular formula is C16H26N4O2S. The van der Waals surface area contributed by atoms with Gasteiger partial charge in [0.2, 0.25) is 5.91 Å². The zero-order valence-electron chi connectivity index (χ0n) is 14.3. The van der Waals surface area contributed by atoms with Crippen LogP contribution in [0.5, 0.6) is 0 Å². The number of nitrogens with zero attached hydrogens (tertiary/aromatic N) is 2. The number of imide groups is 1. The number of aryl methyl sites for hydroxylation is 1. The van der Waals surface area contributed by atoms with Gasteiger partial charge in [0, 0.05) is 11.7 Å². The summed E-state index contributed by atoms with van der Waals surface area (Å²) in [6, 6.07) is -0.349. The maximum absolute atomic E-state index is 12.3. The van der Waals surface area contributed by atoms with Gasteiger partial charge in [0.15, 0.2) is 5.16 Å². The van der Waals surface area contributed by atoms with E-state index >= 15 is 0 Å². The summed E-state index contributed by atoms with van der Waals surface area (Å²) in [4.78, 5) is 27.9. The van der Waals surface area contributed by atoms with Crippen LogP contribution in [0.15, 0.2) is 5.16 Å². The number of nitrogens with one attached hydrogen (secondary N) is 1. The van der Waals surface area contributed by atoms with Crippen LogP contribution in [0.25, 0.3) is 0 Å². The fraction of sp³-hybridized carbons (Fsp3) is 0.688. The fourth-order valence-corrected chi connectivity index (χ4v) is 4.32. The van der Waals surface area contributed by atoms with E-state index < -0.39 is 11.3 Å². The molecule has 0 radical (unpaired) electrons. The number of thioether (sulfide) groups is 1. The van der Waals surface area contributed by atoms with E-state index in [4.69, 9.17) is 5.73 Å². The number of hydrogen-bond donors (Lipinski definition) is 2. The van der Waals surface area contributed by atoms with E-state index in [0.717, 1.165) is 29.4 Å². The van der Waals surface area contributed by atoms with E-state index in [9.17, 15) is 9.59 Å². The van der Waals surface area contributed by atoms with Gasteiger partial charge in [-0.1, -0.05) is 38.5 Å². The molecule has 0 aromatic carbocycles. The number of hydrogen-bond acceptors (Lipinski definition) is 4. The normalized spacial score (nSPS) is 16.7. The topological polar surface area (TPSA) is 90.0 Å². The molecule has 1 fully saturated rings. The lowest BCUT2D eigenvalue weighted by atomic mass is 10.1. The number of primary amides is 1. The first-order valence-corrected chi connectivity index (χ1v) is 9.01. The largest absolute Gasteiger partial charge is 0.351 e. The van der Waals surface area contributed by atoms with Crippen LogP contribution in [-0.4, -0.2) is 26.7 Å². The SMILES string of the molecule is Cc1nc(SC(C(=O)NC(N)=O)C(C)C)n(C2CCCC2)c1C. The molecule has 1 aliphatic carbocycles. The lowest BCUT2D eigenvalue weighted by Gasteiger charge is -2.22. The minimum absolute atomic E-state index is 0.0636. The van der Waals surface area contributed by atoms with Crippen molar-refractivity contribution in [2.75, 3.05) is 0 Å². The van der Waals surface area contributed by atoms with E-state index in [1.54, 1.807) is 0 Å². The van der Waals surface area contributed by atoms with Crippen LogP contribution in [0.1, 0.15) is 57.0 Å². The van der Waals surface area contributed by atoms with Crippen molar-refractivity contribution < 1.29 is 9.59 Å². The molecule has 7 heteroatoms. The Balaban J connectivity index is 2.27. The van der Waals surface area contributed by atoms with Gasteiger partial charge in [-0.2, -0.15) is 0 Å². The molecule has 1 aromatic heterocycles. The van der Waals surface area contributed by atoms with Crippen molar-refractivity contribution in [1.29, 1.82) is 0 Å². The van der Waals surface area contributed by atoms with Crippen molar-refractivity contribution >= 4 is 23.7 Å². The molecule has 3 N–H and O–H groups in total. The summed E-state index contributed by atoms with van der Waals surface area (Å²) in [5.74, 6) is -0.289. The Bertz CT molecular complexity index is 591. The summed E-state index contributed by atoms with van der Waals surface area (Å²) in [5, 5.41) is 2.66. The van der Waals surface area contributed by atoms with Crippen LogP contribution < -0.4 is 11.1 Å². The van der Waals surface area contributed by atoms with Crippen LogP contribution in [0.2, 0.25) is 0 Å². The molecule has 0 saturated heterocycles. The first-order chi connectivity index (χ1) is 10.8. The first kappa shape index (κ1) is 17.8. The number of rotatable bonds is 5. The van der Waals surface area contributed by atoms with Gasteiger partial charge in [0.1, 0.15) is 0 Å². The molecule has 6 nitrogen and oxygen atoms in total. The Morgan fingerprint density at radius 1 is 1.30 bits per heavy atom. The highest BCUT2D eigenvalue weighted by Crippen LogP contribution is 2.37. The van der Waals surface area contributed by atoms with Crippen molar-refractivity contribution in [3.8, 4) is 0 Å². The summed E-state index contributed by atoms with van der Waals surface area (Å²) in [6.07, 6.45) is 4.79. The molecule has 3 amide bonds. The summed E-state index contributed by atoms with van der Waals surface area (Å²) >= 11 is 1.43. The minimum Gasteiger partial charge on any atom is -0.351 e. The Morgan fingerprint density at radius 2 is 1.91 bits per heavy atom. The van der Waals surface area contributed by atoms with Gasteiger partial charge >= 0.3 is 6.03 Å². The monoisotopic (exact) mass is 338 g/mol. The van der Waals surface area contributed by atoms with E-state index in [0.29, 0.717) is 6.04 Å². The molecule has 1 aromatic rings. The number of nitrogens with two attached hydrogens (primary N) is 1. The molecule has 23 heavy (non-hydrogen) atoms. The van der Waals surface area contributed by atoms with Crippen molar-refractivity contribution in [1.82, 2.24) is 14.9 Å². The second-order valence-electron chi connectivity index (χ2n) is 6.51. The molecule has 1 saturated carbocycles. The van der Waals surface area contributed by atoms with E-state index in [-0.39, 0.29) is 11.8 Å². The Morgan fingerprint density at radius 3 is 2.43 bits per heavy atom. The molecular weight excluding hydrogens is 312 g/mol. The molecule has 2 rings (SSSR count). The average molecular weight is 338 g/mol. The van der Waals surface area contributed by atoms with Crippen molar-refractivity contribution in [3.63, 3.8) is 0 Å². The van der Waals surface area contributed by atoms with E-state index in [1.807, 2.05) is 20.8 Å². The minimum atomic E-state index is -0.812. The summed E-state index contributed by atoms with van der Waals surface area (Å²) in [6.45, 7) is 8.00. The van der Waals surface area contributed by atoms with Crippen molar-refractivity contribution in [2.24, 2.45) is 11.7 Å². The third kappa shape index (κ3) is 4.07. The fourth-order valence-electron chi connectivity index (χ4n) is 3.07. The Hall–Kier alpha value is -1.50. The van der Waals surface area contributed by atoms with Gasteiger partial charge < -0.3 is 10.3 Å². The van der Waals surface area contributed by atoms with Crippen LogP contribution in [0.3, 0.4) is 0 Å². The predicted molar refractivity (Wildman–Crippen MR) is 91.4 cm³/mol. The quantitative estimate of drug-likeness (QED) is 0.808. The van der Waals surface area contributed by atoms with Crippen LogP contribution >= 0.6 is 11.8 Å². The summed E-state index contributed by atoms with van der Waals surface area (Å²) in [5.41, 5.74) is 7.24.